The number of quaternary nitrogens is 1. The summed E-state index contributed by atoms with van der Waals surface area (Å²) in [5.41, 5.74) is 0. The van der Waals surface area contributed by atoms with Crippen LogP contribution in [0, 0.1) is 0 Å². The molecule has 3 nitrogen and oxygen atoms in total. The Labute approximate surface area is 65.1 Å². The van der Waals surface area contributed by atoms with Crippen molar-refractivity contribution in [1.29, 1.82) is 0 Å². The molecule has 0 aromatic heterocycles. The molecule has 0 aromatic carbocycles. The molecule has 1 saturated heterocycles. The van der Waals surface area contributed by atoms with E-state index in [2.05, 4.69) is 0 Å². The molecule has 1 rings (SSSR count). The van der Waals surface area contributed by atoms with E-state index in [0.717, 1.165) is 0 Å². The van der Waals surface area contributed by atoms with Gasteiger partial charge in [0.2, 0.25) is 12.8 Å². The predicted octanol–water partition coefficient (Wildman–Crippen LogP) is 0.783. The van der Waals surface area contributed by atoms with E-state index in [1.807, 2.05) is 0 Å². The first kappa shape index (κ1) is 7.75. The number of rotatable bonds is 1. The van der Waals surface area contributed by atoms with Gasteiger partial charge in [-0.15, -0.1) is 3.89 Å². The second-order valence-electron chi connectivity index (χ2n) is 2.34. The molecule has 0 saturated carbocycles. The molecule has 4 heteroatoms. The molecule has 2 amide bonds. The summed E-state index contributed by atoms with van der Waals surface area (Å²) >= 11 is 4.85. The van der Waals surface area contributed by atoms with E-state index in [0.29, 0.717) is 19.4 Å². The van der Waals surface area contributed by atoms with Crippen molar-refractivity contribution in [3.63, 3.8) is 0 Å². The lowest BCUT2D eigenvalue weighted by atomic mass is 10.4. The molecule has 10 heavy (non-hydrogen) atoms. The molecule has 1 fully saturated rings. The quantitative estimate of drug-likeness (QED) is 0.418. The molecule has 0 aromatic rings. The Bertz CT molecular complexity index is 174. The molecule has 0 bridgehead atoms. The maximum Gasteiger partial charge on any atom is 0.334 e. The Balaban J connectivity index is 2.90. The highest BCUT2D eigenvalue weighted by Crippen LogP contribution is 2.24. The van der Waals surface area contributed by atoms with Crippen molar-refractivity contribution in [3.8, 4) is 0 Å². The fourth-order valence-electron chi connectivity index (χ4n) is 1.07. The van der Waals surface area contributed by atoms with Crippen molar-refractivity contribution in [2.75, 3.05) is 6.54 Å². The van der Waals surface area contributed by atoms with Crippen LogP contribution in [-0.4, -0.2) is 22.2 Å². The number of carbonyl (C=O) groups excluding carboxylic acids is 2. The molecule has 1 radical (unpaired) electrons. The van der Waals surface area contributed by atoms with E-state index in [9.17, 15) is 9.59 Å². The van der Waals surface area contributed by atoms with E-state index in [1.165, 1.54) is 0 Å². The van der Waals surface area contributed by atoms with Crippen LogP contribution in [0.1, 0.15) is 19.8 Å². The van der Waals surface area contributed by atoms with Crippen molar-refractivity contribution < 1.29 is 13.5 Å². The van der Waals surface area contributed by atoms with Gasteiger partial charge >= 0.3 is 11.8 Å². The first-order valence-electron chi connectivity index (χ1n) is 3.27. The van der Waals surface area contributed by atoms with Gasteiger partial charge in [-0.05, 0) is 6.92 Å². The third-order valence-electron chi connectivity index (χ3n) is 1.80. The van der Waals surface area contributed by atoms with Gasteiger partial charge in [0.15, 0.2) is 0 Å². The van der Waals surface area contributed by atoms with Gasteiger partial charge in [-0.2, -0.15) is 0 Å². The van der Waals surface area contributed by atoms with Crippen LogP contribution in [0.5, 0.6) is 0 Å². The number of hydrogen-bond acceptors (Lipinski definition) is 2. The number of likely N-dealkylation sites (tertiary alicyclic amines) is 1. The highest BCUT2D eigenvalue weighted by Gasteiger charge is 2.47. The first-order valence-corrected chi connectivity index (χ1v) is 3.63. The summed E-state index contributed by atoms with van der Waals surface area (Å²) in [6.07, 6.45) is 0.659. The minimum atomic E-state index is -0.403. The number of hydrogen-bond donors (Lipinski definition) is 0. The van der Waals surface area contributed by atoms with Gasteiger partial charge < -0.3 is 0 Å². The van der Waals surface area contributed by atoms with Crippen LogP contribution in [-0.2, 0) is 9.59 Å². The van der Waals surface area contributed by atoms with E-state index in [1.54, 1.807) is 6.92 Å². The Morgan fingerprint density at radius 3 is 2.00 bits per heavy atom. The standard InChI is InChI=1S/C6H9NO2S/c1-2-7(10)5(8)3-4-6(7)9/h2-4H2,1H3/q+1. The minimum absolute atomic E-state index is 0.123. The predicted molar refractivity (Wildman–Crippen MR) is 37.6 cm³/mol. The molecule has 0 N–H and O–H groups in total. The van der Waals surface area contributed by atoms with Gasteiger partial charge in [0, 0.05) is 0 Å². The Morgan fingerprint density at radius 1 is 1.40 bits per heavy atom. The smallest absolute Gasteiger partial charge is 0.229 e. The molecule has 0 atom stereocenters. The molecule has 1 heterocycles. The maximum atomic E-state index is 11.0. The second kappa shape index (κ2) is 2.36. The fraction of sp³-hybridized carbons (Fsp3) is 0.667. The van der Waals surface area contributed by atoms with E-state index >= 15 is 0 Å². The van der Waals surface area contributed by atoms with E-state index in [4.69, 9.17) is 12.8 Å². The SMILES string of the molecule is CC[N+]1([S])C(=O)CCC1=O. The minimum Gasteiger partial charge on any atom is -0.229 e. The van der Waals surface area contributed by atoms with Gasteiger partial charge in [-0.1, -0.05) is 0 Å². The van der Waals surface area contributed by atoms with Gasteiger partial charge in [-0.25, -0.2) is 9.59 Å². The highest BCUT2D eigenvalue weighted by molar-refractivity contribution is 7.75. The van der Waals surface area contributed by atoms with E-state index in [-0.39, 0.29) is 11.8 Å². The zero-order valence-electron chi connectivity index (χ0n) is 5.79. The van der Waals surface area contributed by atoms with Crippen molar-refractivity contribution in [3.05, 3.63) is 0 Å². The number of nitrogens with zero attached hydrogens (tertiary/aromatic N) is 1. The Kier molecular flexibility index (Phi) is 1.83. The highest BCUT2D eigenvalue weighted by atomic mass is 32.1. The molecule has 55 valence electrons. The topological polar surface area (TPSA) is 34.1 Å². The zero-order valence-corrected chi connectivity index (χ0v) is 6.61. The van der Waals surface area contributed by atoms with Gasteiger partial charge in [-0.3, -0.25) is 0 Å². The number of imide groups is 1. The maximum absolute atomic E-state index is 11.0. The Hall–Kier alpha value is -0.350. The number of amides is 2. The second-order valence-corrected chi connectivity index (χ2v) is 2.97. The summed E-state index contributed by atoms with van der Waals surface area (Å²) in [4.78, 5) is 22.0. The van der Waals surface area contributed by atoms with Crippen LogP contribution in [0.3, 0.4) is 0 Å². The lowest BCUT2D eigenvalue weighted by Crippen LogP contribution is -2.42. The molecule has 0 aliphatic carbocycles. The van der Waals surface area contributed by atoms with Gasteiger partial charge in [0.05, 0.1) is 12.8 Å². The lowest BCUT2D eigenvalue weighted by Gasteiger charge is -2.15. The summed E-state index contributed by atoms with van der Waals surface area (Å²) in [6.45, 7) is 2.17. The van der Waals surface area contributed by atoms with Crippen LogP contribution in [0.2, 0.25) is 0 Å². The van der Waals surface area contributed by atoms with Crippen LogP contribution in [0.4, 0.5) is 0 Å². The lowest BCUT2D eigenvalue weighted by molar-refractivity contribution is -0.623. The van der Waals surface area contributed by atoms with Crippen LogP contribution in [0.15, 0.2) is 0 Å². The van der Waals surface area contributed by atoms with Crippen LogP contribution >= 0.6 is 12.8 Å². The average Bonchev–Trinajstić information content (AvgIpc) is 2.18. The normalized spacial score (nSPS) is 23.8. The van der Waals surface area contributed by atoms with Crippen molar-refractivity contribution >= 4 is 24.6 Å². The van der Waals surface area contributed by atoms with Gasteiger partial charge in [0.1, 0.15) is 6.54 Å². The molecule has 0 unspecified atom stereocenters. The monoisotopic (exact) mass is 159 g/mol. The number of carbonyl (C=O) groups is 2. The summed E-state index contributed by atoms with van der Waals surface area (Å²) in [7, 11) is 0. The Morgan fingerprint density at radius 2 is 1.80 bits per heavy atom. The average molecular weight is 159 g/mol. The third-order valence-corrected chi connectivity index (χ3v) is 2.47. The van der Waals surface area contributed by atoms with Gasteiger partial charge in [0.25, 0.3) is 0 Å². The summed E-state index contributed by atoms with van der Waals surface area (Å²) in [5, 5.41) is 0. The molecular formula is C6H9NO2S+. The third kappa shape index (κ3) is 0.876. The first-order chi connectivity index (χ1) is 4.61. The molecule has 1 aliphatic heterocycles. The van der Waals surface area contributed by atoms with Crippen LogP contribution in [0.25, 0.3) is 0 Å². The molecule has 1 aliphatic rings. The molecular weight excluding hydrogens is 150 g/mol. The van der Waals surface area contributed by atoms with Crippen molar-refractivity contribution in [2.45, 2.75) is 19.8 Å². The molecule has 0 spiro atoms. The van der Waals surface area contributed by atoms with Crippen molar-refractivity contribution in [2.24, 2.45) is 0 Å². The summed E-state index contributed by atoms with van der Waals surface area (Å²) in [5.74, 6) is -0.245. The summed E-state index contributed by atoms with van der Waals surface area (Å²) < 4.78 is -0.403. The largest absolute Gasteiger partial charge is 0.334 e. The fourth-order valence-corrected chi connectivity index (χ4v) is 1.25. The van der Waals surface area contributed by atoms with Crippen molar-refractivity contribution in [1.82, 2.24) is 0 Å². The summed E-state index contributed by atoms with van der Waals surface area (Å²) in [6, 6.07) is 0. The van der Waals surface area contributed by atoms with E-state index < -0.39 is 3.89 Å². The zero-order chi connectivity index (χ0) is 7.78. The van der Waals surface area contributed by atoms with Crippen LogP contribution < -0.4 is 0 Å².